The van der Waals surface area contributed by atoms with Crippen molar-refractivity contribution in [2.45, 2.75) is 70.0 Å². The monoisotopic (exact) mass is 679 g/mol. The summed E-state index contributed by atoms with van der Waals surface area (Å²) < 4.78 is 53.6. The molecule has 0 heterocycles. The van der Waals surface area contributed by atoms with Gasteiger partial charge in [0.25, 0.3) is 0 Å². The minimum atomic E-state index is -3.89. The topological polar surface area (TPSA) is 86.8 Å². The van der Waals surface area contributed by atoms with Crippen molar-refractivity contribution < 1.29 is 26.8 Å². The van der Waals surface area contributed by atoms with Crippen LogP contribution in [-0.4, -0.2) is 50.0 Å². The second-order valence-corrected chi connectivity index (χ2v) is 14.1. The smallest absolute Gasteiger partial charge is 0.243 e. The normalized spacial score (nSPS) is 14.5. The lowest BCUT2D eigenvalue weighted by molar-refractivity contribution is -0.141. The number of benzene rings is 3. The fraction of sp³-hybridized carbons (Fsp3) is 0.394. The Kier molecular flexibility index (Phi) is 12.2. The minimum Gasteiger partial charge on any atom is -0.352 e. The number of carbonyl (C=O) groups excluding carboxylic acids is 2. The summed E-state index contributed by atoms with van der Waals surface area (Å²) in [4.78, 5) is 29.4. The Morgan fingerprint density at radius 1 is 0.956 bits per heavy atom. The van der Waals surface area contributed by atoms with E-state index in [1.54, 1.807) is 18.2 Å². The van der Waals surface area contributed by atoms with Crippen molar-refractivity contribution in [2.24, 2.45) is 0 Å². The van der Waals surface area contributed by atoms with E-state index >= 15 is 0 Å². The Bertz CT molecular complexity index is 1590. The van der Waals surface area contributed by atoms with Crippen molar-refractivity contribution in [1.82, 2.24) is 10.2 Å². The third-order valence-electron chi connectivity index (χ3n) is 7.92. The Morgan fingerprint density at radius 2 is 1.67 bits per heavy atom. The van der Waals surface area contributed by atoms with E-state index in [2.05, 4.69) is 5.32 Å². The molecule has 3 aromatic rings. The highest BCUT2D eigenvalue weighted by Gasteiger charge is 2.32. The van der Waals surface area contributed by atoms with Gasteiger partial charge in [-0.2, -0.15) is 0 Å². The zero-order chi connectivity index (χ0) is 32.6. The molecule has 4 rings (SSSR count). The maximum Gasteiger partial charge on any atom is 0.243 e. The van der Waals surface area contributed by atoms with Crippen LogP contribution in [0.3, 0.4) is 0 Å². The van der Waals surface area contributed by atoms with E-state index in [9.17, 15) is 26.8 Å². The van der Waals surface area contributed by atoms with Crippen LogP contribution in [0.5, 0.6) is 0 Å². The molecule has 0 aliphatic heterocycles. The van der Waals surface area contributed by atoms with Crippen molar-refractivity contribution in [3.05, 3.63) is 99.5 Å². The average Bonchev–Trinajstić information content (AvgIpc) is 3.00. The van der Waals surface area contributed by atoms with Crippen LogP contribution in [-0.2, 0) is 32.6 Å². The van der Waals surface area contributed by atoms with Gasteiger partial charge in [0.1, 0.15) is 6.04 Å². The molecule has 45 heavy (non-hydrogen) atoms. The molecule has 1 fully saturated rings. The molecule has 0 unspecified atom stereocenters. The van der Waals surface area contributed by atoms with Gasteiger partial charge in [0, 0.05) is 48.1 Å². The maximum atomic E-state index is 14.0. The molecular formula is C33H37Cl2F2N3O4S. The fourth-order valence-corrected chi connectivity index (χ4v) is 7.00. The first-order chi connectivity index (χ1) is 21.4. The molecule has 1 aliphatic rings. The van der Waals surface area contributed by atoms with E-state index in [0.717, 1.165) is 60.4 Å². The van der Waals surface area contributed by atoms with Crippen molar-refractivity contribution in [2.75, 3.05) is 17.1 Å². The largest absolute Gasteiger partial charge is 0.352 e. The predicted molar refractivity (Wildman–Crippen MR) is 174 cm³/mol. The Balaban J connectivity index is 1.61. The quantitative estimate of drug-likeness (QED) is 0.213. The number of nitrogens with zero attached hydrogens (tertiary/aromatic N) is 2. The van der Waals surface area contributed by atoms with Crippen LogP contribution in [0.4, 0.5) is 14.5 Å². The van der Waals surface area contributed by atoms with E-state index in [0.29, 0.717) is 15.6 Å². The zero-order valence-corrected chi connectivity index (χ0v) is 27.4. The molecular weight excluding hydrogens is 643 g/mol. The molecule has 12 heteroatoms. The lowest BCUT2D eigenvalue weighted by Gasteiger charge is -2.34. The number of halogens is 4. The van der Waals surface area contributed by atoms with Gasteiger partial charge in [0.05, 0.1) is 11.9 Å². The third-order valence-corrected chi connectivity index (χ3v) is 9.70. The molecule has 0 saturated heterocycles. The number of nitrogens with one attached hydrogen (secondary N) is 1. The molecule has 0 bridgehead atoms. The summed E-state index contributed by atoms with van der Waals surface area (Å²) in [6.45, 7) is -0.147. The molecule has 0 spiro atoms. The summed E-state index contributed by atoms with van der Waals surface area (Å²) in [5.74, 6) is -2.95. The van der Waals surface area contributed by atoms with Crippen LogP contribution in [0, 0.1) is 11.6 Å². The van der Waals surface area contributed by atoms with Crippen LogP contribution >= 0.6 is 23.2 Å². The lowest BCUT2D eigenvalue weighted by atomic mass is 9.94. The molecule has 242 valence electrons. The number of hydrogen-bond donors (Lipinski definition) is 1. The highest BCUT2D eigenvalue weighted by atomic mass is 35.5. The maximum absolute atomic E-state index is 14.0. The van der Waals surface area contributed by atoms with Crippen molar-refractivity contribution in [3.63, 3.8) is 0 Å². The minimum absolute atomic E-state index is 0.0139. The van der Waals surface area contributed by atoms with Crippen LogP contribution < -0.4 is 9.62 Å². The van der Waals surface area contributed by atoms with Gasteiger partial charge < -0.3 is 10.2 Å². The van der Waals surface area contributed by atoms with Gasteiger partial charge in [-0.3, -0.25) is 13.9 Å². The predicted octanol–water partition coefficient (Wildman–Crippen LogP) is 6.91. The fourth-order valence-electron chi connectivity index (χ4n) is 5.58. The number of carbonyl (C=O) groups is 2. The molecule has 3 aromatic carbocycles. The second-order valence-electron chi connectivity index (χ2n) is 11.3. The molecule has 1 atom stereocenters. The van der Waals surface area contributed by atoms with Gasteiger partial charge in [-0.25, -0.2) is 17.2 Å². The number of sulfonamides is 1. The summed E-state index contributed by atoms with van der Waals surface area (Å²) in [7, 11) is -3.89. The van der Waals surface area contributed by atoms with Crippen LogP contribution in [0.15, 0.2) is 66.7 Å². The van der Waals surface area contributed by atoms with Gasteiger partial charge in [-0.1, -0.05) is 78.9 Å². The number of hydrogen-bond acceptors (Lipinski definition) is 4. The molecule has 1 N–H and O–H groups in total. The SMILES string of the molecule is CS(=O)(=O)N(CCCC(=O)N(Cc1ccc(Cl)cc1Cl)[C@H](Cc1ccccc1)C(=O)NC1CCCCC1)c1ccc(F)c(F)c1. The van der Waals surface area contributed by atoms with E-state index in [-0.39, 0.29) is 55.9 Å². The molecule has 1 saturated carbocycles. The molecule has 7 nitrogen and oxygen atoms in total. The van der Waals surface area contributed by atoms with Gasteiger partial charge in [-0.15, -0.1) is 0 Å². The molecule has 0 radical (unpaired) electrons. The first-order valence-corrected chi connectivity index (χ1v) is 17.5. The summed E-state index contributed by atoms with van der Waals surface area (Å²) in [6, 6.07) is 16.3. The first kappa shape index (κ1) is 34.7. The average molecular weight is 681 g/mol. The highest BCUT2D eigenvalue weighted by molar-refractivity contribution is 7.92. The van der Waals surface area contributed by atoms with E-state index in [1.807, 2.05) is 30.3 Å². The lowest BCUT2D eigenvalue weighted by Crippen LogP contribution is -2.53. The zero-order valence-electron chi connectivity index (χ0n) is 25.0. The van der Waals surface area contributed by atoms with E-state index < -0.39 is 27.7 Å². The van der Waals surface area contributed by atoms with Crippen molar-refractivity contribution in [1.29, 1.82) is 0 Å². The van der Waals surface area contributed by atoms with Gasteiger partial charge in [0.2, 0.25) is 21.8 Å². The number of rotatable bonds is 13. The summed E-state index contributed by atoms with van der Waals surface area (Å²) in [5.41, 5.74) is 1.41. The molecule has 2 amide bonds. The van der Waals surface area contributed by atoms with Gasteiger partial charge >= 0.3 is 0 Å². The van der Waals surface area contributed by atoms with Crippen molar-refractivity contribution >= 4 is 50.7 Å². The second kappa shape index (κ2) is 15.9. The summed E-state index contributed by atoms with van der Waals surface area (Å²) in [5, 5.41) is 3.94. The number of amides is 2. The summed E-state index contributed by atoms with van der Waals surface area (Å²) >= 11 is 12.6. The van der Waals surface area contributed by atoms with E-state index in [4.69, 9.17) is 23.2 Å². The summed E-state index contributed by atoms with van der Waals surface area (Å²) in [6.07, 6.45) is 6.03. The third kappa shape index (κ3) is 9.89. The Morgan fingerprint density at radius 3 is 2.31 bits per heavy atom. The van der Waals surface area contributed by atoms with Crippen LogP contribution in [0.1, 0.15) is 56.1 Å². The van der Waals surface area contributed by atoms with Crippen LogP contribution in [0.2, 0.25) is 10.0 Å². The van der Waals surface area contributed by atoms with Gasteiger partial charge in [0.15, 0.2) is 11.6 Å². The van der Waals surface area contributed by atoms with Gasteiger partial charge in [-0.05, 0) is 54.7 Å². The molecule has 0 aromatic heterocycles. The van der Waals surface area contributed by atoms with Crippen molar-refractivity contribution in [3.8, 4) is 0 Å². The highest BCUT2D eigenvalue weighted by Crippen LogP contribution is 2.26. The Hall–Kier alpha value is -3.21. The van der Waals surface area contributed by atoms with E-state index in [1.165, 1.54) is 11.0 Å². The number of anilines is 1. The molecule has 1 aliphatic carbocycles. The van der Waals surface area contributed by atoms with Crippen LogP contribution in [0.25, 0.3) is 0 Å². The first-order valence-electron chi connectivity index (χ1n) is 14.9. The standard InChI is InChI=1S/C33H37Cl2F2N3O4S/c1-45(43,44)40(27-16-17-29(36)30(37)21-27)18-8-13-32(41)39(22-24-14-15-25(34)20-28(24)35)31(19-23-9-4-2-5-10-23)33(42)38-26-11-6-3-7-12-26/h2,4-5,9-10,14-17,20-21,26,31H,3,6-8,11-13,18-19,22H2,1H3,(H,38,42)/t31-/m1/s1. The Labute approximate surface area is 273 Å².